The van der Waals surface area contributed by atoms with Gasteiger partial charge >= 0.3 is 12.1 Å². The second-order valence-electron chi connectivity index (χ2n) is 4.51. The average Bonchev–Trinajstić information content (AvgIpc) is 2.85. The zero-order valence-corrected chi connectivity index (χ0v) is 10.9. The van der Waals surface area contributed by atoms with Gasteiger partial charge in [-0.1, -0.05) is 30.3 Å². The Hall–Kier alpha value is -2.04. The first-order valence-corrected chi connectivity index (χ1v) is 6.28. The van der Waals surface area contributed by atoms with E-state index in [-0.39, 0.29) is 24.8 Å². The number of nitrogens with zero attached hydrogens (tertiary/aromatic N) is 1. The van der Waals surface area contributed by atoms with Crippen molar-refractivity contribution in [1.29, 1.82) is 0 Å². The van der Waals surface area contributed by atoms with Gasteiger partial charge in [-0.25, -0.2) is 4.79 Å². The normalized spacial score (nSPS) is 18.2. The van der Waals surface area contributed by atoms with E-state index in [1.807, 2.05) is 30.3 Å². The maximum absolute atomic E-state index is 11.8. The van der Waals surface area contributed by atoms with Crippen molar-refractivity contribution in [3.05, 3.63) is 35.9 Å². The molecular weight excluding hydrogens is 246 g/mol. The van der Waals surface area contributed by atoms with Crippen LogP contribution in [-0.4, -0.2) is 36.2 Å². The van der Waals surface area contributed by atoms with Crippen LogP contribution in [0.3, 0.4) is 0 Å². The Morgan fingerprint density at radius 2 is 2.05 bits per heavy atom. The Morgan fingerprint density at radius 3 is 2.74 bits per heavy atom. The third-order valence-electron chi connectivity index (χ3n) is 2.94. The van der Waals surface area contributed by atoms with E-state index < -0.39 is 0 Å². The highest BCUT2D eigenvalue weighted by Crippen LogP contribution is 2.14. The molecule has 1 saturated heterocycles. The number of hydrogen-bond acceptors (Lipinski definition) is 4. The minimum atomic E-state index is -0.362. The Morgan fingerprint density at radius 1 is 1.32 bits per heavy atom. The quantitative estimate of drug-likeness (QED) is 0.782. The van der Waals surface area contributed by atoms with Crippen LogP contribution in [-0.2, 0) is 20.9 Å². The summed E-state index contributed by atoms with van der Waals surface area (Å²) in [5, 5.41) is 0. The van der Waals surface area contributed by atoms with Crippen molar-refractivity contribution in [2.75, 3.05) is 13.1 Å². The van der Waals surface area contributed by atoms with Crippen molar-refractivity contribution >= 4 is 12.1 Å². The van der Waals surface area contributed by atoms with Crippen molar-refractivity contribution in [2.24, 2.45) is 0 Å². The summed E-state index contributed by atoms with van der Waals surface area (Å²) in [4.78, 5) is 24.2. The second-order valence-corrected chi connectivity index (χ2v) is 4.51. The van der Waals surface area contributed by atoms with Crippen LogP contribution >= 0.6 is 0 Å². The number of likely N-dealkylation sites (tertiary alicyclic amines) is 1. The smallest absolute Gasteiger partial charge is 0.410 e. The fraction of sp³-hybridized carbons (Fsp3) is 0.429. The molecule has 5 heteroatoms. The fourth-order valence-corrected chi connectivity index (χ4v) is 2.04. The number of ether oxygens (including phenoxy) is 2. The van der Waals surface area contributed by atoms with Crippen LogP contribution in [0, 0.1) is 0 Å². The van der Waals surface area contributed by atoms with Crippen LogP contribution in [0.4, 0.5) is 4.79 Å². The minimum Gasteiger partial charge on any atom is -0.461 e. The molecule has 0 radical (unpaired) electrons. The molecule has 102 valence electrons. The van der Waals surface area contributed by atoms with Crippen molar-refractivity contribution < 1.29 is 19.1 Å². The Balaban J connectivity index is 1.77. The molecule has 5 nitrogen and oxygen atoms in total. The van der Waals surface area contributed by atoms with E-state index in [0.29, 0.717) is 19.5 Å². The molecular formula is C14H17NO4. The van der Waals surface area contributed by atoms with Crippen molar-refractivity contribution in [3.8, 4) is 0 Å². The number of benzene rings is 1. The number of rotatable bonds is 3. The first-order valence-electron chi connectivity index (χ1n) is 6.28. The summed E-state index contributed by atoms with van der Waals surface area (Å²) in [6, 6.07) is 9.51. The van der Waals surface area contributed by atoms with Gasteiger partial charge in [0.25, 0.3) is 0 Å². The molecule has 1 aliphatic heterocycles. The maximum Gasteiger partial charge on any atom is 0.410 e. The van der Waals surface area contributed by atoms with Crippen LogP contribution in [0.2, 0.25) is 0 Å². The Labute approximate surface area is 112 Å². The first kappa shape index (κ1) is 13.4. The van der Waals surface area contributed by atoms with Gasteiger partial charge in [-0.2, -0.15) is 0 Å². The summed E-state index contributed by atoms with van der Waals surface area (Å²) in [7, 11) is 0. The summed E-state index contributed by atoms with van der Waals surface area (Å²) in [6.45, 7) is 2.60. The molecule has 1 amide bonds. The van der Waals surface area contributed by atoms with E-state index in [0.717, 1.165) is 5.56 Å². The van der Waals surface area contributed by atoms with Gasteiger partial charge in [-0.3, -0.25) is 4.79 Å². The number of carbonyl (C=O) groups is 2. The topological polar surface area (TPSA) is 55.8 Å². The van der Waals surface area contributed by atoms with E-state index in [1.54, 1.807) is 4.90 Å². The van der Waals surface area contributed by atoms with Crippen LogP contribution < -0.4 is 0 Å². The van der Waals surface area contributed by atoms with Gasteiger partial charge in [-0.15, -0.1) is 0 Å². The van der Waals surface area contributed by atoms with Crippen LogP contribution in [0.5, 0.6) is 0 Å². The molecule has 1 fully saturated rings. The molecule has 0 N–H and O–H groups in total. The molecule has 1 atom stereocenters. The highest BCUT2D eigenvalue weighted by atomic mass is 16.6. The predicted molar refractivity (Wildman–Crippen MR) is 68.4 cm³/mol. The van der Waals surface area contributed by atoms with E-state index in [4.69, 9.17) is 9.47 Å². The van der Waals surface area contributed by atoms with Gasteiger partial charge in [-0.05, 0) is 5.56 Å². The van der Waals surface area contributed by atoms with Gasteiger partial charge < -0.3 is 14.4 Å². The molecule has 1 aromatic rings. The lowest BCUT2D eigenvalue weighted by Gasteiger charge is -2.16. The van der Waals surface area contributed by atoms with Gasteiger partial charge in [0.1, 0.15) is 12.7 Å². The number of hydrogen-bond donors (Lipinski definition) is 0. The molecule has 2 rings (SSSR count). The highest BCUT2D eigenvalue weighted by molar-refractivity contribution is 5.69. The minimum absolute atomic E-state index is 0.207. The van der Waals surface area contributed by atoms with E-state index >= 15 is 0 Å². The zero-order valence-electron chi connectivity index (χ0n) is 10.9. The van der Waals surface area contributed by atoms with E-state index in [9.17, 15) is 9.59 Å². The van der Waals surface area contributed by atoms with Gasteiger partial charge in [0, 0.05) is 19.9 Å². The monoisotopic (exact) mass is 263 g/mol. The van der Waals surface area contributed by atoms with E-state index in [1.165, 1.54) is 6.92 Å². The molecule has 0 spiro atoms. The van der Waals surface area contributed by atoms with Crippen LogP contribution in [0.15, 0.2) is 30.3 Å². The molecule has 0 saturated carbocycles. The largest absolute Gasteiger partial charge is 0.461 e. The summed E-state index contributed by atoms with van der Waals surface area (Å²) < 4.78 is 10.3. The van der Waals surface area contributed by atoms with E-state index in [2.05, 4.69) is 0 Å². The average molecular weight is 263 g/mol. The fourth-order valence-electron chi connectivity index (χ4n) is 2.04. The van der Waals surface area contributed by atoms with Crippen molar-refractivity contribution in [1.82, 2.24) is 4.90 Å². The van der Waals surface area contributed by atoms with Crippen LogP contribution in [0.1, 0.15) is 18.9 Å². The molecule has 1 aromatic carbocycles. The molecule has 1 unspecified atom stereocenters. The summed E-state index contributed by atoms with van der Waals surface area (Å²) >= 11 is 0. The lowest BCUT2D eigenvalue weighted by atomic mass is 10.2. The molecule has 1 heterocycles. The van der Waals surface area contributed by atoms with Crippen LogP contribution in [0.25, 0.3) is 0 Å². The third-order valence-corrected chi connectivity index (χ3v) is 2.94. The zero-order chi connectivity index (χ0) is 13.7. The summed E-state index contributed by atoms with van der Waals surface area (Å²) in [5.41, 5.74) is 0.951. The van der Waals surface area contributed by atoms with Gasteiger partial charge in [0.05, 0.1) is 6.54 Å². The summed E-state index contributed by atoms with van der Waals surface area (Å²) in [5.74, 6) is -0.315. The number of carbonyl (C=O) groups excluding carboxylic acids is 2. The maximum atomic E-state index is 11.8. The molecule has 0 aromatic heterocycles. The highest BCUT2D eigenvalue weighted by Gasteiger charge is 2.29. The Kier molecular flexibility index (Phi) is 4.39. The number of esters is 1. The molecule has 19 heavy (non-hydrogen) atoms. The molecule has 1 aliphatic rings. The molecule has 0 bridgehead atoms. The van der Waals surface area contributed by atoms with Crippen molar-refractivity contribution in [3.63, 3.8) is 0 Å². The second kappa shape index (κ2) is 6.22. The first-order chi connectivity index (χ1) is 9.15. The summed E-state index contributed by atoms with van der Waals surface area (Å²) in [6.07, 6.45) is 0.0975. The predicted octanol–water partition coefficient (Wildman–Crippen LogP) is 1.96. The third kappa shape index (κ3) is 3.98. The van der Waals surface area contributed by atoms with Gasteiger partial charge in [0.15, 0.2) is 0 Å². The van der Waals surface area contributed by atoms with Crippen molar-refractivity contribution in [2.45, 2.75) is 26.1 Å². The lowest BCUT2D eigenvalue weighted by molar-refractivity contribution is -0.145. The SMILES string of the molecule is CC(=O)OC1CCN(C(=O)OCc2ccccc2)C1. The van der Waals surface area contributed by atoms with Gasteiger partial charge in [0.2, 0.25) is 0 Å². The number of amides is 1. The standard InChI is InChI=1S/C14H17NO4/c1-11(16)19-13-7-8-15(9-13)14(17)18-10-12-5-3-2-4-6-12/h2-6,13H,7-10H2,1H3. The lowest BCUT2D eigenvalue weighted by Crippen LogP contribution is -2.31. The Bertz CT molecular complexity index is 446. The molecule has 0 aliphatic carbocycles.